The zero-order chi connectivity index (χ0) is 27.4. The highest BCUT2D eigenvalue weighted by atomic mass is 16.4. The molecule has 0 aliphatic rings. The van der Waals surface area contributed by atoms with Crippen molar-refractivity contribution in [2.24, 2.45) is 17.4 Å². The zero-order valence-corrected chi connectivity index (χ0v) is 20.1. The number of carbonyl (C=O) groups excluding carboxylic acids is 4. The van der Waals surface area contributed by atoms with E-state index in [1.807, 2.05) is 0 Å². The summed E-state index contributed by atoms with van der Waals surface area (Å²) in [6.07, 6.45) is -1.59. The first kappa shape index (κ1) is 30.0. The second-order valence-electron chi connectivity index (χ2n) is 8.58. The van der Waals surface area contributed by atoms with Crippen LogP contribution in [0.2, 0.25) is 0 Å². The number of rotatable bonds is 15. The molecule has 4 unspecified atom stereocenters. The monoisotopic (exact) mass is 507 g/mol. The normalized spacial score (nSPS) is 14.1. The number of hydrogen-bond donors (Lipinski definition) is 7. The van der Waals surface area contributed by atoms with Gasteiger partial charge >= 0.3 is 11.9 Å². The van der Waals surface area contributed by atoms with E-state index in [0.717, 1.165) is 0 Å². The van der Waals surface area contributed by atoms with Crippen molar-refractivity contribution in [1.29, 1.82) is 0 Å². The van der Waals surface area contributed by atoms with Crippen LogP contribution >= 0.6 is 0 Å². The minimum Gasteiger partial charge on any atom is -0.481 e. The number of carboxylic acid groups (broad SMARTS) is 2. The topological polar surface area (TPSA) is 231 Å². The third-order valence-electron chi connectivity index (χ3n) is 5.24. The number of hydrogen-bond acceptors (Lipinski definition) is 7. The van der Waals surface area contributed by atoms with Crippen molar-refractivity contribution < 1.29 is 39.0 Å². The molecule has 0 aromatic heterocycles. The molecule has 9 N–H and O–H groups in total. The minimum absolute atomic E-state index is 0.0322. The van der Waals surface area contributed by atoms with Gasteiger partial charge in [-0.05, 0) is 17.9 Å². The number of aliphatic carboxylic acids is 2. The van der Waals surface area contributed by atoms with E-state index in [4.69, 9.17) is 16.6 Å². The summed E-state index contributed by atoms with van der Waals surface area (Å²) in [5.41, 5.74) is 11.8. The molecule has 0 spiro atoms. The van der Waals surface area contributed by atoms with Crippen molar-refractivity contribution in [3.05, 3.63) is 35.9 Å². The van der Waals surface area contributed by atoms with Crippen molar-refractivity contribution in [3.8, 4) is 0 Å². The SMILES string of the molecule is CC(C)C(N)C(=O)NC(Cc1ccccc1)C(=O)NC(CC(N)=O)C(=O)NC(CCC(=O)O)C(=O)O. The summed E-state index contributed by atoms with van der Waals surface area (Å²) in [4.78, 5) is 72.1. The highest BCUT2D eigenvalue weighted by molar-refractivity contribution is 5.96. The molecule has 0 heterocycles. The first-order valence-corrected chi connectivity index (χ1v) is 11.2. The van der Waals surface area contributed by atoms with E-state index in [1.54, 1.807) is 44.2 Å². The lowest BCUT2D eigenvalue weighted by Gasteiger charge is -2.25. The van der Waals surface area contributed by atoms with Crippen LogP contribution in [0.5, 0.6) is 0 Å². The van der Waals surface area contributed by atoms with E-state index in [1.165, 1.54) is 0 Å². The summed E-state index contributed by atoms with van der Waals surface area (Å²) in [5, 5.41) is 25.1. The molecule has 0 bridgehead atoms. The predicted octanol–water partition coefficient (Wildman–Crippen LogP) is -1.51. The van der Waals surface area contributed by atoms with Crippen molar-refractivity contribution >= 4 is 35.6 Å². The number of carbonyl (C=O) groups is 6. The fourth-order valence-electron chi connectivity index (χ4n) is 3.11. The van der Waals surface area contributed by atoms with Crippen LogP contribution in [-0.4, -0.2) is 69.9 Å². The Bertz CT molecular complexity index is 953. The average Bonchev–Trinajstić information content (AvgIpc) is 2.79. The number of amides is 4. The quantitative estimate of drug-likeness (QED) is 0.146. The van der Waals surface area contributed by atoms with Crippen LogP contribution < -0.4 is 27.4 Å². The Morgan fingerprint density at radius 3 is 1.86 bits per heavy atom. The van der Waals surface area contributed by atoms with Crippen molar-refractivity contribution in [2.45, 2.75) is 63.7 Å². The Kier molecular flexibility index (Phi) is 12.0. The molecule has 0 radical (unpaired) electrons. The Morgan fingerprint density at radius 1 is 0.833 bits per heavy atom. The zero-order valence-electron chi connectivity index (χ0n) is 20.1. The average molecular weight is 508 g/mol. The molecule has 0 saturated carbocycles. The summed E-state index contributed by atoms with van der Waals surface area (Å²) >= 11 is 0. The molecule has 36 heavy (non-hydrogen) atoms. The predicted molar refractivity (Wildman–Crippen MR) is 127 cm³/mol. The van der Waals surface area contributed by atoms with E-state index < -0.39 is 79.0 Å². The van der Waals surface area contributed by atoms with Gasteiger partial charge in [0.1, 0.15) is 18.1 Å². The molecule has 1 aromatic rings. The molecule has 0 fully saturated rings. The van der Waals surface area contributed by atoms with Crippen LogP contribution in [0.3, 0.4) is 0 Å². The van der Waals surface area contributed by atoms with Crippen LogP contribution in [0.15, 0.2) is 30.3 Å². The molecule has 0 saturated heterocycles. The number of primary amides is 1. The highest BCUT2D eigenvalue weighted by Crippen LogP contribution is 2.07. The molecular formula is C23H33N5O8. The van der Waals surface area contributed by atoms with Crippen LogP contribution in [0.25, 0.3) is 0 Å². The Hall–Kier alpha value is -4.00. The minimum atomic E-state index is -1.58. The summed E-state index contributed by atoms with van der Waals surface area (Å²) in [6.45, 7) is 3.46. The van der Waals surface area contributed by atoms with E-state index >= 15 is 0 Å². The van der Waals surface area contributed by atoms with E-state index in [-0.39, 0.29) is 12.3 Å². The molecule has 1 aromatic carbocycles. The molecule has 0 aliphatic heterocycles. The molecule has 13 heteroatoms. The Labute approximate surface area is 208 Å². The summed E-state index contributed by atoms with van der Waals surface area (Å²) in [5.74, 6) is -6.43. The van der Waals surface area contributed by atoms with E-state index in [0.29, 0.717) is 5.56 Å². The maximum Gasteiger partial charge on any atom is 0.326 e. The van der Waals surface area contributed by atoms with Gasteiger partial charge in [-0.2, -0.15) is 0 Å². The standard InChI is InChI=1S/C23H33N5O8/c1-12(2)19(25)22(34)28-15(10-13-6-4-3-5-7-13)20(32)27-16(11-17(24)29)21(33)26-14(23(35)36)8-9-18(30)31/h3-7,12,14-16,19H,8-11,25H2,1-2H3,(H2,24,29)(H,26,33)(H,27,32)(H,28,34)(H,30,31)(H,35,36). The van der Waals surface area contributed by atoms with Crippen LogP contribution in [0, 0.1) is 5.92 Å². The molecule has 4 amide bonds. The molecule has 4 atom stereocenters. The lowest BCUT2D eigenvalue weighted by Crippen LogP contribution is -2.58. The van der Waals surface area contributed by atoms with Gasteiger partial charge in [0, 0.05) is 12.8 Å². The summed E-state index contributed by atoms with van der Waals surface area (Å²) in [6, 6.07) is 3.44. The van der Waals surface area contributed by atoms with Gasteiger partial charge in [0.2, 0.25) is 23.6 Å². The molecule has 13 nitrogen and oxygen atoms in total. The Balaban J connectivity index is 3.10. The molecular weight excluding hydrogens is 474 g/mol. The van der Waals surface area contributed by atoms with E-state index in [2.05, 4.69) is 16.0 Å². The van der Waals surface area contributed by atoms with Gasteiger partial charge in [-0.15, -0.1) is 0 Å². The van der Waals surface area contributed by atoms with Gasteiger partial charge in [-0.1, -0.05) is 44.2 Å². The van der Waals surface area contributed by atoms with Gasteiger partial charge in [0.15, 0.2) is 0 Å². The van der Waals surface area contributed by atoms with Crippen LogP contribution in [0.4, 0.5) is 0 Å². The van der Waals surface area contributed by atoms with Gasteiger partial charge in [0.05, 0.1) is 12.5 Å². The second-order valence-corrected chi connectivity index (χ2v) is 8.58. The number of nitrogens with two attached hydrogens (primary N) is 2. The molecule has 0 aliphatic carbocycles. The van der Waals surface area contributed by atoms with Crippen molar-refractivity contribution in [3.63, 3.8) is 0 Å². The van der Waals surface area contributed by atoms with Gasteiger partial charge in [-0.3, -0.25) is 24.0 Å². The van der Waals surface area contributed by atoms with Crippen LogP contribution in [0.1, 0.15) is 38.7 Å². The van der Waals surface area contributed by atoms with Crippen molar-refractivity contribution in [1.82, 2.24) is 16.0 Å². The largest absolute Gasteiger partial charge is 0.481 e. The molecule has 198 valence electrons. The fraction of sp³-hybridized carbons (Fsp3) is 0.478. The lowest BCUT2D eigenvalue weighted by atomic mass is 10.0. The highest BCUT2D eigenvalue weighted by Gasteiger charge is 2.32. The van der Waals surface area contributed by atoms with Gasteiger partial charge in [0.25, 0.3) is 0 Å². The first-order chi connectivity index (χ1) is 16.8. The van der Waals surface area contributed by atoms with Crippen LogP contribution in [-0.2, 0) is 35.2 Å². The smallest absolute Gasteiger partial charge is 0.326 e. The number of nitrogens with one attached hydrogen (secondary N) is 3. The number of benzene rings is 1. The maximum atomic E-state index is 13.1. The Morgan fingerprint density at radius 2 is 1.36 bits per heavy atom. The van der Waals surface area contributed by atoms with Gasteiger partial charge in [-0.25, -0.2) is 4.79 Å². The number of carboxylic acids is 2. The third kappa shape index (κ3) is 10.5. The molecule has 1 rings (SSSR count). The summed E-state index contributed by atoms with van der Waals surface area (Å²) in [7, 11) is 0. The maximum absolute atomic E-state index is 13.1. The van der Waals surface area contributed by atoms with Crippen molar-refractivity contribution in [2.75, 3.05) is 0 Å². The van der Waals surface area contributed by atoms with Gasteiger partial charge < -0.3 is 37.6 Å². The first-order valence-electron chi connectivity index (χ1n) is 11.2. The van der Waals surface area contributed by atoms with E-state index in [9.17, 15) is 33.9 Å². The summed E-state index contributed by atoms with van der Waals surface area (Å²) < 4.78 is 0. The second kappa shape index (κ2) is 14.4. The fourth-order valence-corrected chi connectivity index (χ4v) is 3.11. The third-order valence-corrected chi connectivity index (χ3v) is 5.24. The lowest BCUT2D eigenvalue weighted by molar-refractivity contribution is -0.143.